The minimum atomic E-state index is -3.94. The summed E-state index contributed by atoms with van der Waals surface area (Å²) in [5, 5.41) is 11.6. The van der Waals surface area contributed by atoms with Crippen molar-refractivity contribution in [3.8, 4) is 5.75 Å². The fraction of sp³-hybridized carbons (Fsp3) is 0.0556. The van der Waals surface area contributed by atoms with Crippen LogP contribution < -0.4 is 4.72 Å². The number of fused-ring (bicyclic) bond motifs is 1. The van der Waals surface area contributed by atoms with Crippen molar-refractivity contribution in [2.45, 2.75) is 4.90 Å². The number of ether oxygens (including phenoxy) is 1. The number of methoxy groups -OCH3 is 1. The van der Waals surface area contributed by atoms with Gasteiger partial charge in [-0.2, -0.15) is 0 Å². The number of phenols is 1. The largest absolute Gasteiger partial charge is 0.506 e. The van der Waals surface area contributed by atoms with Gasteiger partial charge in [0.1, 0.15) is 5.75 Å². The molecule has 25 heavy (non-hydrogen) atoms. The van der Waals surface area contributed by atoms with E-state index < -0.39 is 16.0 Å². The number of sulfonamides is 1. The Balaban J connectivity index is 1.99. The van der Waals surface area contributed by atoms with Crippen molar-refractivity contribution in [3.05, 3.63) is 66.2 Å². The predicted octanol–water partition coefficient (Wildman–Crippen LogP) is 3.13. The Bertz CT molecular complexity index is 1060. The first-order valence-electron chi connectivity index (χ1n) is 7.34. The maximum Gasteiger partial charge on any atom is 0.337 e. The summed E-state index contributed by atoms with van der Waals surface area (Å²) in [6, 6.07) is 15.9. The standard InChI is InChI=1S/C18H15NO5S/c1-24-18(21)14-7-9-17(20)16(11-14)19-25(22,23)15-8-6-12-4-2-3-5-13(12)10-15/h2-11,19-20H,1H3. The van der Waals surface area contributed by atoms with Gasteiger partial charge in [-0.25, -0.2) is 13.2 Å². The van der Waals surface area contributed by atoms with Crippen LogP contribution >= 0.6 is 0 Å². The number of phenolic OH excluding ortho intramolecular Hbond substituents is 1. The van der Waals surface area contributed by atoms with E-state index in [1.165, 1.54) is 31.4 Å². The molecule has 0 atom stereocenters. The lowest BCUT2D eigenvalue weighted by molar-refractivity contribution is 0.0601. The smallest absolute Gasteiger partial charge is 0.337 e. The van der Waals surface area contributed by atoms with Crippen LogP contribution in [-0.4, -0.2) is 26.6 Å². The molecule has 0 saturated heterocycles. The summed E-state index contributed by atoms with van der Waals surface area (Å²) in [5.41, 5.74) is 0.0209. The number of hydrogen-bond donors (Lipinski definition) is 2. The number of carbonyl (C=O) groups excluding carboxylic acids is 1. The first-order chi connectivity index (χ1) is 11.9. The minimum Gasteiger partial charge on any atom is -0.506 e. The second kappa shape index (κ2) is 6.45. The number of benzene rings is 3. The molecule has 0 radical (unpaired) electrons. The summed E-state index contributed by atoms with van der Waals surface area (Å²) in [6.45, 7) is 0. The third-order valence-electron chi connectivity index (χ3n) is 3.69. The SMILES string of the molecule is COC(=O)c1ccc(O)c(NS(=O)(=O)c2ccc3ccccc3c2)c1. The van der Waals surface area contributed by atoms with Gasteiger partial charge >= 0.3 is 5.97 Å². The van der Waals surface area contributed by atoms with E-state index in [1.54, 1.807) is 12.1 Å². The van der Waals surface area contributed by atoms with Crippen LogP contribution in [-0.2, 0) is 14.8 Å². The highest BCUT2D eigenvalue weighted by atomic mass is 32.2. The molecular formula is C18H15NO5S. The van der Waals surface area contributed by atoms with Gasteiger partial charge in [0.05, 0.1) is 23.3 Å². The maximum absolute atomic E-state index is 12.6. The van der Waals surface area contributed by atoms with Gasteiger partial charge in [-0.1, -0.05) is 30.3 Å². The number of esters is 1. The van der Waals surface area contributed by atoms with Crippen LogP contribution in [0, 0.1) is 0 Å². The Morgan fingerprint density at radius 3 is 2.44 bits per heavy atom. The average molecular weight is 357 g/mol. The predicted molar refractivity (Wildman–Crippen MR) is 94.2 cm³/mol. The molecule has 0 saturated carbocycles. The van der Waals surface area contributed by atoms with E-state index in [2.05, 4.69) is 9.46 Å². The van der Waals surface area contributed by atoms with E-state index >= 15 is 0 Å². The fourth-order valence-electron chi connectivity index (χ4n) is 2.40. The topological polar surface area (TPSA) is 92.7 Å². The third kappa shape index (κ3) is 3.41. The molecule has 3 aromatic rings. The summed E-state index contributed by atoms with van der Waals surface area (Å²) < 4.78 is 32.1. The van der Waals surface area contributed by atoms with E-state index in [0.29, 0.717) is 0 Å². The molecule has 0 aliphatic carbocycles. The second-order valence-electron chi connectivity index (χ2n) is 5.34. The van der Waals surface area contributed by atoms with Crippen molar-refractivity contribution in [1.29, 1.82) is 0 Å². The minimum absolute atomic E-state index is 0.0501. The second-order valence-corrected chi connectivity index (χ2v) is 7.02. The lowest BCUT2D eigenvalue weighted by Crippen LogP contribution is -2.13. The monoisotopic (exact) mass is 357 g/mol. The van der Waals surface area contributed by atoms with Crippen LogP contribution in [0.1, 0.15) is 10.4 Å². The first kappa shape index (κ1) is 16.8. The Morgan fingerprint density at radius 2 is 1.72 bits per heavy atom. The third-order valence-corrected chi connectivity index (χ3v) is 5.06. The fourth-order valence-corrected chi connectivity index (χ4v) is 3.50. The van der Waals surface area contributed by atoms with E-state index in [1.807, 2.05) is 24.3 Å². The van der Waals surface area contributed by atoms with E-state index in [-0.39, 0.29) is 21.9 Å². The van der Waals surface area contributed by atoms with Crippen LogP contribution in [0.5, 0.6) is 5.75 Å². The van der Waals surface area contributed by atoms with Crippen molar-refractivity contribution in [2.24, 2.45) is 0 Å². The van der Waals surface area contributed by atoms with Crippen LogP contribution in [0.3, 0.4) is 0 Å². The molecule has 6 nitrogen and oxygen atoms in total. The zero-order valence-corrected chi connectivity index (χ0v) is 14.1. The average Bonchev–Trinajstić information content (AvgIpc) is 2.62. The number of aromatic hydroxyl groups is 1. The quantitative estimate of drug-likeness (QED) is 0.553. The highest BCUT2D eigenvalue weighted by Gasteiger charge is 2.18. The number of anilines is 1. The van der Waals surface area contributed by atoms with Crippen LogP contribution in [0.4, 0.5) is 5.69 Å². The molecule has 7 heteroatoms. The molecule has 0 spiro atoms. The Labute approximate surface area is 144 Å². The molecule has 128 valence electrons. The van der Waals surface area contributed by atoms with Gasteiger partial charge in [0, 0.05) is 0 Å². The summed E-state index contributed by atoms with van der Waals surface area (Å²) in [5.74, 6) is -0.928. The lowest BCUT2D eigenvalue weighted by atomic mass is 10.1. The van der Waals surface area contributed by atoms with E-state index in [9.17, 15) is 18.3 Å². The number of hydrogen-bond acceptors (Lipinski definition) is 5. The van der Waals surface area contributed by atoms with Crippen LogP contribution in [0.15, 0.2) is 65.6 Å². The zero-order chi connectivity index (χ0) is 18.0. The highest BCUT2D eigenvalue weighted by Crippen LogP contribution is 2.28. The van der Waals surface area contributed by atoms with Gasteiger partial charge in [-0.15, -0.1) is 0 Å². The molecule has 0 fully saturated rings. The van der Waals surface area contributed by atoms with Crippen LogP contribution in [0.25, 0.3) is 10.8 Å². The summed E-state index contributed by atoms with van der Waals surface area (Å²) in [6.07, 6.45) is 0. The van der Waals surface area contributed by atoms with Crippen molar-refractivity contribution in [2.75, 3.05) is 11.8 Å². The Kier molecular flexibility index (Phi) is 4.33. The summed E-state index contributed by atoms with van der Waals surface area (Å²) in [4.78, 5) is 11.6. The molecule has 0 unspecified atom stereocenters. The Hall–Kier alpha value is -3.06. The van der Waals surface area contributed by atoms with Crippen molar-refractivity contribution in [1.82, 2.24) is 0 Å². The lowest BCUT2D eigenvalue weighted by Gasteiger charge is -2.11. The number of rotatable bonds is 4. The molecule has 0 aliphatic heterocycles. The molecule has 0 bridgehead atoms. The number of carbonyl (C=O) groups is 1. The molecule has 0 aliphatic rings. The summed E-state index contributed by atoms with van der Waals surface area (Å²) in [7, 11) is -2.72. The zero-order valence-electron chi connectivity index (χ0n) is 13.3. The van der Waals surface area contributed by atoms with Crippen LogP contribution in [0.2, 0.25) is 0 Å². The van der Waals surface area contributed by atoms with Gasteiger partial charge < -0.3 is 9.84 Å². The van der Waals surface area contributed by atoms with Crippen molar-refractivity contribution in [3.63, 3.8) is 0 Å². The molecule has 0 aromatic heterocycles. The molecule has 3 rings (SSSR count). The van der Waals surface area contributed by atoms with E-state index in [0.717, 1.165) is 10.8 Å². The van der Waals surface area contributed by atoms with Gasteiger partial charge in [-0.05, 0) is 41.1 Å². The van der Waals surface area contributed by atoms with Gasteiger partial charge in [0.2, 0.25) is 0 Å². The number of nitrogens with one attached hydrogen (secondary N) is 1. The highest BCUT2D eigenvalue weighted by molar-refractivity contribution is 7.92. The van der Waals surface area contributed by atoms with Crippen molar-refractivity contribution < 1.29 is 23.1 Å². The van der Waals surface area contributed by atoms with Gasteiger partial charge in [0.15, 0.2) is 0 Å². The molecule has 2 N–H and O–H groups in total. The van der Waals surface area contributed by atoms with Gasteiger partial charge in [-0.3, -0.25) is 4.72 Å². The Morgan fingerprint density at radius 1 is 1.00 bits per heavy atom. The van der Waals surface area contributed by atoms with Crippen molar-refractivity contribution >= 4 is 32.5 Å². The normalized spacial score (nSPS) is 11.2. The molecule has 0 amide bonds. The maximum atomic E-state index is 12.6. The van der Waals surface area contributed by atoms with E-state index in [4.69, 9.17) is 0 Å². The van der Waals surface area contributed by atoms with Gasteiger partial charge in [0.25, 0.3) is 10.0 Å². The molecule has 3 aromatic carbocycles. The first-order valence-corrected chi connectivity index (χ1v) is 8.82. The molecule has 0 heterocycles. The summed E-state index contributed by atoms with van der Waals surface area (Å²) >= 11 is 0. The molecular weight excluding hydrogens is 342 g/mol.